The van der Waals surface area contributed by atoms with Crippen molar-refractivity contribution in [3.8, 4) is 34.5 Å². The second kappa shape index (κ2) is 7.22. The maximum Gasteiger partial charge on any atom is 0.231 e. The predicted octanol–water partition coefficient (Wildman–Crippen LogP) is 2.98. The lowest BCUT2D eigenvalue weighted by Gasteiger charge is -2.23. The number of phenolic OH excluding ortho intramolecular Hbond substituents is 1. The first-order valence-corrected chi connectivity index (χ1v) is 8.56. The molecule has 0 saturated carbocycles. The minimum Gasteiger partial charge on any atom is -0.507 e. The Balaban J connectivity index is 1.92. The Morgan fingerprint density at radius 3 is 2.25 bits per heavy atom. The van der Waals surface area contributed by atoms with E-state index in [4.69, 9.17) is 23.7 Å². The van der Waals surface area contributed by atoms with Crippen LogP contribution in [-0.4, -0.2) is 42.8 Å². The summed E-state index contributed by atoms with van der Waals surface area (Å²) in [6.45, 7) is 0.123. The summed E-state index contributed by atoms with van der Waals surface area (Å²) < 4.78 is 29.1. The van der Waals surface area contributed by atoms with E-state index < -0.39 is 6.04 Å². The number of nitrogens with zero attached hydrogens (tertiary/aromatic N) is 2. The first kappa shape index (κ1) is 17.8. The van der Waals surface area contributed by atoms with Crippen LogP contribution in [0.2, 0.25) is 0 Å². The van der Waals surface area contributed by atoms with Crippen molar-refractivity contribution in [2.75, 3.05) is 28.1 Å². The summed E-state index contributed by atoms with van der Waals surface area (Å²) in [7, 11) is 4.67. The zero-order valence-electron chi connectivity index (χ0n) is 15.7. The van der Waals surface area contributed by atoms with E-state index in [1.54, 1.807) is 46.0 Å². The van der Waals surface area contributed by atoms with Crippen LogP contribution >= 0.6 is 0 Å². The Kier molecular flexibility index (Phi) is 4.60. The summed E-state index contributed by atoms with van der Waals surface area (Å²) in [4.78, 5) is 4.15. The molecule has 8 nitrogen and oxygen atoms in total. The lowest BCUT2D eigenvalue weighted by molar-refractivity contribution is 0.174. The normalized spacial score (nSPS) is 13.2. The molecular weight excluding hydrogens is 364 g/mol. The number of aromatic nitrogens is 2. The highest BCUT2D eigenvalue weighted by molar-refractivity contribution is 5.58. The van der Waals surface area contributed by atoms with Gasteiger partial charge in [-0.15, -0.1) is 0 Å². The van der Waals surface area contributed by atoms with Gasteiger partial charge < -0.3 is 33.4 Å². The topological polar surface area (TPSA) is 84.2 Å². The molecule has 4 rings (SSSR count). The summed E-state index contributed by atoms with van der Waals surface area (Å²) >= 11 is 0. The lowest BCUT2D eigenvalue weighted by Crippen LogP contribution is -2.12. The molecule has 0 aliphatic carbocycles. The van der Waals surface area contributed by atoms with Crippen molar-refractivity contribution in [1.29, 1.82) is 0 Å². The second-order valence-corrected chi connectivity index (χ2v) is 6.14. The first-order valence-electron chi connectivity index (χ1n) is 8.56. The smallest absolute Gasteiger partial charge is 0.231 e. The molecule has 2 aromatic carbocycles. The van der Waals surface area contributed by atoms with Crippen LogP contribution in [-0.2, 0) is 0 Å². The number of hydrogen-bond donors (Lipinski definition) is 1. The lowest BCUT2D eigenvalue weighted by atomic mass is 9.96. The molecule has 1 unspecified atom stereocenters. The Labute approximate surface area is 161 Å². The number of fused-ring (bicyclic) bond motifs is 1. The van der Waals surface area contributed by atoms with Crippen molar-refractivity contribution >= 4 is 0 Å². The van der Waals surface area contributed by atoms with Gasteiger partial charge in [-0.05, 0) is 23.8 Å². The molecule has 0 saturated heterocycles. The van der Waals surface area contributed by atoms with E-state index in [0.717, 1.165) is 5.56 Å². The van der Waals surface area contributed by atoms with Gasteiger partial charge in [-0.25, -0.2) is 4.98 Å². The Morgan fingerprint density at radius 2 is 1.68 bits per heavy atom. The average molecular weight is 384 g/mol. The molecule has 8 heteroatoms. The van der Waals surface area contributed by atoms with E-state index in [9.17, 15) is 5.11 Å². The standard InChI is InChI=1S/C20H20N2O6/c1-24-17-6-12(7-18(25-2)20(17)26-3)19(22-5-4-21-10-22)13-8-15-16(9-14(13)23)28-11-27-15/h4-10,19,23H,11H2,1-3H3. The molecule has 0 spiro atoms. The van der Waals surface area contributed by atoms with Crippen LogP contribution in [0.1, 0.15) is 17.2 Å². The van der Waals surface area contributed by atoms with Crippen molar-refractivity contribution < 1.29 is 28.8 Å². The monoisotopic (exact) mass is 384 g/mol. The van der Waals surface area contributed by atoms with Gasteiger partial charge >= 0.3 is 0 Å². The molecule has 0 radical (unpaired) electrons. The van der Waals surface area contributed by atoms with Crippen LogP contribution in [0.4, 0.5) is 0 Å². The predicted molar refractivity (Wildman–Crippen MR) is 99.8 cm³/mol. The Morgan fingerprint density at radius 1 is 1.00 bits per heavy atom. The highest BCUT2D eigenvalue weighted by atomic mass is 16.7. The summed E-state index contributed by atoms with van der Waals surface area (Å²) in [5.74, 6) is 2.69. The summed E-state index contributed by atoms with van der Waals surface area (Å²) in [5.41, 5.74) is 1.43. The summed E-state index contributed by atoms with van der Waals surface area (Å²) in [6.07, 6.45) is 5.17. The van der Waals surface area contributed by atoms with E-state index in [0.29, 0.717) is 34.3 Å². The third-order valence-corrected chi connectivity index (χ3v) is 4.64. The first-order chi connectivity index (χ1) is 13.7. The fourth-order valence-electron chi connectivity index (χ4n) is 3.36. The van der Waals surface area contributed by atoms with Crippen LogP contribution in [0.5, 0.6) is 34.5 Å². The minimum absolute atomic E-state index is 0.0803. The fraction of sp³-hybridized carbons (Fsp3) is 0.250. The molecule has 146 valence electrons. The van der Waals surface area contributed by atoms with Crippen molar-refractivity contribution in [2.24, 2.45) is 0 Å². The van der Waals surface area contributed by atoms with Gasteiger partial charge in [0.15, 0.2) is 23.0 Å². The van der Waals surface area contributed by atoms with Gasteiger partial charge in [0.1, 0.15) is 5.75 Å². The molecule has 3 aromatic rings. The fourth-order valence-corrected chi connectivity index (χ4v) is 3.36. The van der Waals surface area contributed by atoms with Gasteiger partial charge in [0, 0.05) is 24.0 Å². The summed E-state index contributed by atoms with van der Waals surface area (Å²) in [5, 5.41) is 10.7. The van der Waals surface area contributed by atoms with Crippen molar-refractivity contribution in [1.82, 2.24) is 9.55 Å². The zero-order chi connectivity index (χ0) is 19.7. The molecule has 1 N–H and O–H groups in total. The number of imidazole rings is 1. The molecule has 0 bridgehead atoms. The van der Waals surface area contributed by atoms with E-state index in [1.807, 2.05) is 22.9 Å². The molecule has 1 atom stereocenters. The number of benzene rings is 2. The second-order valence-electron chi connectivity index (χ2n) is 6.14. The highest BCUT2D eigenvalue weighted by Crippen LogP contribution is 2.46. The van der Waals surface area contributed by atoms with Crippen molar-refractivity contribution in [3.63, 3.8) is 0 Å². The molecule has 1 aromatic heterocycles. The number of hydrogen-bond acceptors (Lipinski definition) is 7. The third-order valence-electron chi connectivity index (χ3n) is 4.64. The summed E-state index contributed by atoms with van der Waals surface area (Å²) in [6, 6.07) is 6.60. The molecule has 28 heavy (non-hydrogen) atoms. The number of methoxy groups -OCH3 is 3. The maximum atomic E-state index is 10.7. The van der Waals surface area contributed by atoms with E-state index in [-0.39, 0.29) is 12.5 Å². The SMILES string of the molecule is COc1cc(C(c2cc3c(cc2O)OCO3)n2ccnc2)cc(OC)c1OC. The zero-order valence-corrected chi connectivity index (χ0v) is 15.7. The van der Waals surface area contributed by atoms with Gasteiger partial charge in [0.2, 0.25) is 12.5 Å². The van der Waals surface area contributed by atoms with E-state index >= 15 is 0 Å². The van der Waals surface area contributed by atoms with Gasteiger partial charge in [0.25, 0.3) is 0 Å². The average Bonchev–Trinajstić information content (AvgIpc) is 3.39. The molecular formula is C20H20N2O6. The number of rotatable bonds is 6. The Hall–Kier alpha value is -3.55. The van der Waals surface area contributed by atoms with Crippen molar-refractivity contribution in [3.05, 3.63) is 54.1 Å². The molecule has 1 aliphatic heterocycles. The minimum atomic E-state index is -0.411. The van der Waals surface area contributed by atoms with Crippen LogP contribution in [0.15, 0.2) is 43.0 Å². The van der Waals surface area contributed by atoms with Crippen LogP contribution in [0.3, 0.4) is 0 Å². The molecule has 2 heterocycles. The van der Waals surface area contributed by atoms with Gasteiger partial charge in [-0.1, -0.05) is 0 Å². The molecule has 0 amide bonds. The third kappa shape index (κ3) is 2.92. The number of ether oxygens (including phenoxy) is 5. The highest BCUT2D eigenvalue weighted by Gasteiger charge is 2.27. The van der Waals surface area contributed by atoms with Gasteiger partial charge in [-0.3, -0.25) is 0 Å². The largest absolute Gasteiger partial charge is 0.507 e. The van der Waals surface area contributed by atoms with Crippen LogP contribution in [0.25, 0.3) is 0 Å². The van der Waals surface area contributed by atoms with Gasteiger partial charge in [0.05, 0.1) is 33.7 Å². The quantitative estimate of drug-likeness (QED) is 0.699. The van der Waals surface area contributed by atoms with Crippen LogP contribution < -0.4 is 23.7 Å². The maximum absolute atomic E-state index is 10.7. The Bertz CT molecular complexity index is 962. The van der Waals surface area contributed by atoms with E-state index in [1.165, 1.54) is 0 Å². The van der Waals surface area contributed by atoms with E-state index in [2.05, 4.69) is 4.98 Å². The van der Waals surface area contributed by atoms with Gasteiger partial charge in [-0.2, -0.15) is 0 Å². The number of aromatic hydroxyl groups is 1. The molecule has 1 aliphatic rings. The van der Waals surface area contributed by atoms with Crippen LogP contribution in [0, 0.1) is 0 Å². The number of phenols is 1. The molecule has 0 fully saturated rings. The van der Waals surface area contributed by atoms with Crippen molar-refractivity contribution in [2.45, 2.75) is 6.04 Å².